The average Bonchev–Trinajstić information content (AvgIpc) is 2.39. The molecule has 0 N–H and O–H groups in total. The van der Waals surface area contributed by atoms with Gasteiger partial charge in [0, 0.05) is 78.1 Å². The number of aromatic nitrogens is 6. The summed E-state index contributed by atoms with van der Waals surface area (Å²) >= 11 is 0. The van der Waals surface area contributed by atoms with Crippen molar-refractivity contribution < 1.29 is 0 Å². The predicted octanol–water partition coefficient (Wildman–Crippen LogP) is 18.4. The van der Waals surface area contributed by atoms with Crippen molar-refractivity contribution in [3.05, 3.63) is 312 Å². The van der Waals surface area contributed by atoms with Crippen molar-refractivity contribution in [2.45, 2.75) is 11.8 Å². The fourth-order valence-corrected chi connectivity index (χ4v) is 13.4. The Hall–Kier alpha value is -10.8. The third-order valence-electron chi connectivity index (χ3n) is 17.1. The van der Waals surface area contributed by atoms with Gasteiger partial charge in [0.05, 0.1) is 44.8 Å². The molecule has 0 fully saturated rings. The highest BCUT2D eigenvalue weighted by Crippen LogP contribution is 2.57. The van der Waals surface area contributed by atoms with Gasteiger partial charge in [0.25, 0.3) is 0 Å². The smallest absolute Gasteiger partial charge is 0.160 e. The zero-order valence-corrected chi connectivity index (χ0v) is 44.4. The molecule has 2 atom stereocenters. The molecule has 2 bridgehead atoms. The first-order chi connectivity index (χ1) is 40.6. The minimum atomic E-state index is 0.0190. The van der Waals surface area contributed by atoms with Crippen LogP contribution in [0.5, 0.6) is 0 Å². The fraction of sp³-hybridized carbons (Fsp3) is 0.0263. The molecule has 15 aromatic rings. The molecule has 18 rings (SSSR count). The summed E-state index contributed by atoms with van der Waals surface area (Å²) in [6.45, 7) is 0. The average molecular weight is 1050 g/mol. The number of fused-ring (bicyclic) bond motifs is 6. The van der Waals surface area contributed by atoms with E-state index in [1.54, 1.807) is 0 Å². The lowest BCUT2D eigenvalue weighted by atomic mass is 9.61. The van der Waals surface area contributed by atoms with Crippen LogP contribution in [0.15, 0.2) is 279 Å². The molecule has 4 aromatic heterocycles. The van der Waals surface area contributed by atoms with Crippen LogP contribution in [-0.2, 0) is 0 Å². The largest absolute Gasteiger partial charge is 0.309 e. The zero-order valence-electron chi connectivity index (χ0n) is 44.4. The molecule has 6 heteroatoms. The van der Waals surface area contributed by atoms with E-state index in [4.69, 9.17) is 19.9 Å². The third-order valence-corrected chi connectivity index (χ3v) is 17.1. The first-order valence-corrected chi connectivity index (χ1v) is 28.1. The Morgan fingerprint density at radius 3 is 0.854 bits per heavy atom. The number of hydrogen-bond acceptors (Lipinski definition) is 4. The van der Waals surface area contributed by atoms with E-state index in [-0.39, 0.29) is 11.8 Å². The van der Waals surface area contributed by atoms with Gasteiger partial charge < -0.3 is 9.13 Å². The van der Waals surface area contributed by atoms with Crippen LogP contribution in [0.25, 0.3) is 123 Å². The van der Waals surface area contributed by atoms with Crippen LogP contribution < -0.4 is 0 Å². The second-order valence-corrected chi connectivity index (χ2v) is 21.7. The summed E-state index contributed by atoms with van der Waals surface area (Å²) in [4.78, 5) is 21.5. The zero-order chi connectivity index (χ0) is 53.8. The number of nitrogens with zero attached hydrogens (tertiary/aromatic N) is 6. The van der Waals surface area contributed by atoms with Gasteiger partial charge in [0.15, 0.2) is 11.6 Å². The standard InChI is InChI=1S/C76H48N6/c1-3-17-47(18-4-1)65-45-67(49-31-37-53(38-32-49)81-69-27-13-9-21-55(69)56-22-10-14-28-70(56)81)79-75(77-65)51-35-41-61-63(43-51)73-59-25-7-8-26-60(59)74(61)64-44-52(36-42-62(64)73)76-78-66(48-19-5-2-6-20-48)46-68(80-76)50-33-39-54(40-34-50)82-71-29-15-11-23-57(71)58-24-12-16-30-72(58)82/h1-46,73-74H/t73-,74?/m1/s1. The predicted molar refractivity (Wildman–Crippen MR) is 334 cm³/mol. The lowest BCUT2D eigenvalue weighted by Gasteiger charge is -2.42. The van der Waals surface area contributed by atoms with Crippen LogP contribution in [0.1, 0.15) is 45.2 Å². The van der Waals surface area contributed by atoms with Crippen molar-refractivity contribution in [3.63, 3.8) is 0 Å². The normalized spacial score (nSPS) is 14.1. The van der Waals surface area contributed by atoms with Crippen LogP contribution in [0.4, 0.5) is 0 Å². The maximum Gasteiger partial charge on any atom is 0.160 e. The number of benzene rings is 11. The highest BCUT2D eigenvalue weighted by atomic mass is 15.0. The van der Waals surface area contributed by atoms with Gasteiger partial charge in [-0.3, -0.25) is 0 Å². The van der Waals surface area contributed by atoms with Gasteiger partial charge in [-0.25, -0.2) is 19.9 Å². The lowest BCUT2D eigenvalue weighted by Crippen LogP contribution is -2.27. The number of para-hydroxylation sites is 4. The van der Waals surface area contributed by atoms with E-state index in [1.165, 1.54) is 77.0 Å². The Kier molecular flexibility index (Phi) is 10.3. The molecule has 0 saturated carbocycles. The highest BCUT2D eigenvalue weighted by molar-refractivity contribution is 6.10. The van der Waals surface area contributed by atoms with Crippen molar-refractivity contribution in [2.24, 2.45) is 0 Å². The Morgan fingerprint density at radius 1 is 0.220 bits per heavy atom. The lowest BCUT2D eigenvalue weighted by molar-refractivity contribution is 0.754. The van der Waals surface area contributed by atoms with Crippen molar-refractivity contribution >= 4 is 43.6 Å². The molecular weight excluding hydrogens is 997 g/mol. The van der Waals surface area contributed by atoms with Gasteiger partial charge in [-0.15, -0.1) is 0 Å². The minimum Gasteiger partial charge on any atom is -0.309 e. The molecular formula is C76H48N6. The summed E-state index contributed by atoms with van der Waals surface area (Å²) < 4.78 is 4.71. The van der Waals surface area contributed by atoms with Gasteiger partial charge in [0.2, 0.25) is 0 Å². The van der Waals surface area contributed by atoms with Crippen LogP contribution in [-0.4, -0.2) is 29.1 Å². The second kappa shape index (κ2) is 18.4. The van der Waals surface area contributed by atoms with E-state index in [9.17, 15) is 0 Å². The molecule has 1 unspecified atom stereocenters. The van der Waals surface area contributed by atoms with Gasteiger partial charge in [-0.2, -0.15) is 0 Å². The maximum atomic E-state index is 5.40. The van der Waals surface area contributed by atoms with E-state index < -0.39 is 0 Å². The van der Waals surface area contributed by atoms with Gasteiger partial charge >= 0.3 is 0 Å². The van der Waals surface area contributed by atoms with Gasteiger partial charge in [-0.1, -0.05) is 206 Å². The van der Waals surface area contributed by atoms with Crippen LogP contribution >= 0.6 is 0 Å². The fourth-order valence-electron chi connectivity index (χ4n) is 13.4. The molecule has 3 aliphatic carbocycles. The van der Waals surface area contributed by atoms with E-state index in [0.717, 1.165) is 67.5 Å². The van der Waals surface area contributed by atoms with Crippen molar-refractivity contribution in [2.75, 3.05) is 0 Å². The molecule has 4 heterocycles. The molecule has 0 amide bonds. The van der Waals surface area contributed by atoms with Crippen LogP contribution in [0.2, 0.25) is 0 Å². The monoisotopic (exact) mass is 1040 g/mol. The van der Waals surface area contributed by atoms with E-state index in [1.807, 2.05) is 0 Å². The van der Waals surface area contributed by atoms with Gasteiger partial charge in [-0.05, 0) is 106 Å². The Morgan fingerprint density at radius 2 is 0.500 bits per heavy atom. The summed E-state index contributed by atoms with van der Waals surface area (Å²) in [5, 5.41) is 4.98. The maximum absolute atomic E-state index is 5.40. The molecule has 0 aliphatic heterocycles. The third kappa shape index (κ3) is 7.28. The summed E-state index contributed by atoms with van der Waals surface area (Å²) in [6.07, 6.45) is 0. The Labute approximate surface area is 473 Å². The number of hydrogen-bond donors (Lipinski definition) is 0. The quantitative estimate of drug-likeness (QED) is 0.152. The van der Waals surface area contributed by atoms with E-state index in [0.29, 0.717) is 11.6 Å². The van der Waals surface area contributed by atoms with E-state index >= 15 is 0 Å². The second-order valence-electron chi connectivity index (χ2n) is 21.7. The summed E-state index contributed by atoms with van der Waals surface area (Å²) in [5.74, 6) is 1.43. The van der Waals surface area contributed by atoms with Crippen molar-refractivity contribution in [3.8, 4) is 79.2 Å². The minimum absolute atomic E-state index is 0.0190. The molecule has 3 aliphatic rings. The molecule has 0 saturated heterocycles. The molecule has 382 valence electrons. The summed E-state index contributed by atoms with van der Waals surface area (Å²) in [5.41, 5.74) is 24.5. The summed E-state index contributed by atoms with van der Waals surface area (Å²) in [7, 11) is 0. The first kappa shape index (κ1) is 46.1. The SMILES string of the molecule is c1ccc(-c2cc(-c3ccc(-n4c5ccccc5c5ccccc54)cc3)nc(-c3ccc4c(c3)C3c5ccccc5[C@H]4c4cc(-c5nc(-c6ccccc6)cc(-c6ccc(-n7c8ccccc8c8ccccc87)cc6)n5)ccc43)n2)cc1. The van der Waals surface area contributed by atoms with Crippen molar-refractivity contribution in [1.82, 2.24) is 29.1 Å². The van der Waals surface area contributed by atoms with Crippen LogP contribution in [0, 0.1) is 0 Å². The topological polar surface area (TPSA) is 61.4 Å². The van der Waals surface area contributed by atoms with Crippen LogP contribution in [0.3, 0.4) is 0 Å². The molecule has 0 spiro atoms. The number of rotatable bonds is 8. The Bertz CT molecular complexity index is 4610. The Balaban J connectivity index is 0.750. The molecule has 6 nitrogen and oxygen atoms in total. The highest BCUT2D eigenvalue weighted by Gasteiger charge is 2.41. The van der Waals surface area contributed by atoms with Gasteiger partial charge in [0.1, 0.15) is 0 Å². The molecule has 0 radical (unpaired) electrons. The first-order valence-electron chi connectivity index (χ1n) is 28.1. The summed E-state index contributed by atoms with van der Waals surface area (Å²) in [6, 6.07) is 100. The molecule has 82 heavy (non-hydrogen) atoms. The van der Waals surface area contributed by atoms with E-state index in [2.05, 4.69) is 288 Å². The molecule has 11 aromatic carbocycles. The van der Waals surface area contributed by atoms with Crippen molar-refractivity contribution in [1.29, 1.82) is 0 Å².